The minimum Gasteiger partial charge on any atom is -0.348 e. The van der Waals surface area contributed by atoms with Gasteiger partial charge in [0, 0.05) is 18.8 Å². The van der Waals surface area contributed by atoms with Crippen molar-refractivity contribution >= 4 is 29.2 Å². The van der Waals surface area contributed by atoms with Crippen molar-refractivity contribution in [3.05, 3.63) is 96.1 Å². The molecular formula is C31H32F3N5O3. The number of nitrogens with one attached hydrogen (secondary N) is 2. The zero-order chi connectivity index (χ0) is 29.9. The van der Waals surface area contributed by atoms with Gasteiger partial charge >= 0.3 is 12.2 Å². The van der Waals surface area contributed by atoms with Crippen LogP contribution in [0.15, 0.2) is 84.9 Å². The van der Waals surface area contributed by atoms with Gasteiger partial charge in [-0.3, -0.25) is 9.59 Å². The first-order chi connectivity index (χ1) is 20.1. The van der Waals surface area contributed by atoms with Crippen molar-refractivity contribution in [2.75, 3.05) is 36.5 Å². The van der Waals surface area contributed by atoms with Gasteiger partial charge in [-0.1, -0.05) is 60.7 Å². The third-order valence-electron chi connectivity index (χ3n) is 7.95. The normalized spacial score (nSPS) is 17.3. The quantitative estimate of drug-likeness (QED) is 0.418. The predicted molar refractivity (Wildman–Crippen MR) is 153 cm³/mol. The first-order valence-corrected chi connectivity index (χ1v) is 13.8. The zero-order valence-electron chi connectivity index (χ0n) is 23.1. The Kier molecular flexibility index (Phi) is 8.11. The summed E-state index contributed by atoms with van der Waals surface area (Å²) in [4.78, 5) is 44.8. The van der Waals surface area contributed by atoms with Gasteiger partial charge < -0.3 is 25.3 Å². The topological polar surface area (TPSA) is 85.0 Å². The maximum absolute atomic E-state index is 13.9. The Hall–Kier alpha value is -4.54. The molecule has 2 fully saturated rings. The van der Waals surface area contributed by atoms with E-state index in [0.29, 0.717) is 0 Å². The van der Waals surface area contributed by atoms with Crippen LogP contribution in [0.25, 0.3) is 0 Å². The van der Waals surface area contributed by atoms with E-state index in [1.807, 2.05) is 72.5 Å². The average molecular weight is 580 g/mol. The number of halogens is 3. The number of hydrogen-bond acceptors (Lipinski definition) is 4. The number of benzene rings is 3. The Bertz CT molecular complexity index is 1430. The first-order valence-electron chi connectivity index (χ1n) is 13.8. The number of anilines is 2. The molecular weight excluding hydrogens is 547 g/mol. The summed E-state index contributed by atoms with van der Waals surface area (Å²) in [7, 11) is 0. The molecule has 220 valence electrons. The molecule has 4 amide bonds. The van der Waals surface area contributed by atoms with Gasteiger partial charge in [-0.25, -0.2) is 4.79 Å². The van der Waals surface area contributed by atoms with Gasteiger partial charge in [0.15, 0.2) is 0 Å². The number of nitrogens with zero attached hydrogens (tertiary/aromatic N) is 3. The van der Waals surface area contributed by atoms with Crippen LogP contribution in [0.2, 0.25) is 0 Å². The number of carbonyl (C=O) groups is 3. The van der Waals surface area contributed by atoms with Crippen LogP contribution in [-0.4, -0.2) is 59.5 Å². The van der Waals surface area contributed by atoms with Crippen LogP contribution >= 0.6 is 0 Å². The summed E-state index contributed by atoms with van der Waals surface area (Å²) in [5.74, 6) is -0.499. The van der Waals surface area contributed by atoms with E-state index in [1.165, 1.54) is 28.0 Å². The maximum Gasteiger partial charge on any atom is 0.418 e. The number of hydrogen-bond donors (Lipinski definition) is 2. The SMILES string of the molecule is CC(NC(=O)CN1CN(c2ccccc2)C2(CCN(C(=O)Nc3ccccc3C(F)(F)F)CC2)C1=O)c1ccccc1. The van der Waals surface area contributed by atoms with Crippen LogP contribution in [0.1, 0.15) is 36.9 Å². The molecule has 5 rings (SSSR count). The summed E-state index contributed by atoms with van der Waals surface area (Å²) in [6.07, 6.45) is -4.10. The number of amides is 4. The van der Waals surface area contributed by atoms with Crippen molar-refractivity contribution in [2.24, 2.45) is 0 Å². The molecule has 0 aliphatic carbocycles. The molecule has 1 unspecified atom stereocenters. The summed E-state index contributed by atoms with van der Waals surface area (Å²) < 4.78 is 40.3. The van der Waals surface area contributed by atoms with E-state index in [2.05, 4.69) is 10.6 Å². The molecule has 1 spiro atoms. The molecule has 3 aromatic rings. The van der Waals surface area contributed by atoms with E-state index >= 15 is 0 Å². The van der Waals surface area contributed by atoms with Crippen molar-refractivity contribution < 1.29 is 27.6 Å². The Morgan fingerprint density at radius 2 is 1.50 bits per heavy atom. The molecule has 2 saturated heterocycles. The number of para-hydroxylation sites is 2. The van der Waals surface area contributed by atoms with E-state index in [-0.39, 0.29) is 62.7 Å². The highest BCUT2D eigenvalue weighted by molar-refractivity contribution is 5.97. The third kappa shape index (κ3) is 5.90. The van der Waals surface area contributed by atoms with Crippen molar-refractivity contribution in [2.45, 2.75) is 37.5 Å². The molecule has 0 bridgehead atoms. The molecule has 0 radical (unpaired) electrons. The summed E-state index contributed by atoms with van der Waals surface area (Å²) in [6.45, 7) is 2.26. The molecule has 2 heterocycles. The van der Waals surface area contributed by atoms with E-state index in [9.17, 15) is 27.6 Å². The van der Waals surface area contributed by atoms with Gasteiger partial charge in [0.25, 0.3) is 5.91 Å². The molecule has 2 aliphatic heterocycles. The fraction of sp³-hybridized carbons (Fsp3) is 0.323. The molecule has 0 aromatic heterocycles. The van der Waals surface area contributed by atoms with E-state index < -0.39 is 23.3 Å². The van der Waals surface area contributed by atoms with Gasteiger partial charge in [0.2, 0.25) is 5.91 Å². The zero-order valence-corrected chi connectivity index (χ0v) is 23.1. The van der Waals surface area contributed by atoms with Crippen LogP contribution in [0, 0.1) is 0 Å². The molecule has 42 heavy (non-hydrogen) atoms. The highest BCUT2D eigenvalue weighted by Gasteiger charge is 2.54. The molecule has 11 heteroatoms. The Morgan fingerprint density at radius 3 is 2.14 bits per heavy atom. The summed E-state index contributed by atoms with van der Waals surface area (Å²) in [5.41, 5.74) is -0.482. The second-order valence-electron chi connectivity index (χ2n) is 10.6. The minimum atomic E-state index is -4.61. The van der Waals surface area contributed by atoms with Gasteiger partial charge in [-0.2, -0.15) is 13.2 Å². The number of rotatable bonds is 6. The van der Waals surface area contributed by atoms with Crippen molar-refractivity contribution in [1.29, 1.82) is 0 Å². The van der Waals surface area contributed by atoms with E-state index in [1.54, 1.807) is 0 Å². The van der Waals surface area contributed by atoms with Crippen molar-refractivity contribution in [3.8, 4) is 0 Å². The maximum atomic E-state index is 13.9. The standard InChI is InChI=1S/C31H32F3N5O3/c1-22(23-10-4-2-5-11-23)35-27(40)20-38-21-39(24-12-6-3-7-13-24)30(28(38)41)16-18-37(19-17-30)29(42)36-26-15-9-8-14-25(26)31(32,33)34/h2-15,22H,16-21H2,1H3,(H,35,40)(H,36,42). The Labute approximate surface area is 242 Å². The van der Waals surface area contributed by atoms with Crippen molar-refractivity contribution in [3.63, 3.8) is 0 Å². The second-order valence-corrected chi connectivity index (χ2v) is 10.6. The molecule has 2 aliphatic rings. The van der Waals surface area contributed by atoms with Crippen LogP contribution in [0.3, 0.4) is 0 Å². The van der Waals surface area contributed by atoms with Crippen LogP contribution in [-0.2, 0) is 15.8 Å². The number of likely N-dealkylation sites (tertiary alicyclic amines) is 1. The summed E-state index contributed by atoms with van der Waals surface area (Å²) in [5, 5.41) is 5.35. The van der Waals surface area contributed by atoms with E-state index in [4.69, 9.17) is 0 Å². The highest BCUT2D eigenvalue weighted by atomic mass is 19.4. The lowest BCUT2D eigenvalue weighted by atomic mass is 9.85. The smallest absolute Gasteiger partial charge is 0.348 e. The number of piperidine rings is 1. The average Bonchev–Trinajstić information content (AvgIpc) is 3.24. The van der Waals surface area contributed by atoms with Crippen LogP contribution < -0.4 is 15.5 Å². The second kappa shape index (κ2) is 11.8. The summed E-state index contributed by atoms with van der Waals surface area (Å²) >= 11 is 0. The Balaban J connectivity index is 1.29. The highest BCUT2D eigenvalue weighted by Crippen LogP contribution is 2.40. The lowest BCUT2D eigenvalue weighted by molar-refractivity contribution is -0.137. The largest absolute Gasteiger partial charge is 0.418 e. The third-order valence-corrected chi connectivity index (χ3v) is 7.95. The number of alkyl halides is 3. The lowest BCUT2D eigenvalue weighted by Gasteiger charge is -2.43. The number of carbonyl (C=O) groups excluding carboxylic acids is 3. The van der Waals surface area contributed by atoms with Gasteiger partial charge in [-0.15, -0.1) is 0 Å². The predicted octanol–water partition coefficient (Wildman–Crippen LogP) is 5.26. The Morgan fingerprint density at radius 1 is 0.905 bits per heavy atom. The van der Waals surface area contributed by atoms with Crippen LogP contribution in [0.5, 0.6) is 0 Å². The molecule has 0 saturated carbocycles. The minimum absolute atomic E-state index is 0.125. The molecule has 3 aromatic carbocycles. The van der Waals surface area contributed by atoms with Crippen LogP contribution in [0.4, 0.5) is 29.3 Å². The van der Waals surface area contributed by atoms with Gasteiger partial charge in [0.05, 0.1) is 24.0 Å². The first kappa shape index (κ1) is 29.0. The molecule has 2 N–H and O–H groups in total. The van der Waals surface area contributed by atoms with Gasteiger partial charge in [0.1, 0.15) is 12.1 Å². The fourth-order valence-corrected chi connectivity index (χ4v) is 5.72. The summed E-state index contributed by atoms with van der Waals surface area (Å²) in [6, 6.07) is 22.8. The van der Waals surface area contributed by atoms with E-state index in [0.717, 1.165) is 17.3 Å². The van der Waals surface area contributed by atoms with Crippen molar-refractivity contribution in [1.82, 2.24) is 15.1 Å². The van der Waals surface area contributed by atoms with Gasteiger partial charge in [-0.05, 0) is 49.6 Å². The number of urea groups is 1. The fourth-order valence-electron chi connectivity index (χ4n) is 5.72. The monoisotopic (exact) mass is 579 g/mol. The lowest BCUT2D eigenvalue weighted by Crippen LogP contribution is -2.58. The molecule has 1 atom stereocenters. The molecule has 8 nitrogen and oxygen atoms in total.